The fourth-order valence-electron chi connectivity index (χ4n) is 3.65. The largest absolute Gasteiger partial charge is 0.447 e. The molecular formula is C21H32N6O2. The lowest BCUT2D eigenvalue weighted by Crippen LogP contribution is -2.34. The van der Waals surface area contributed by atoms with Crippen LogP contribution in [0.15, 0.2) is 18.5 Å². The lowest BCUT2D eigenvalue weighted by atomic mass is 10.0. The lowest BCUT2D eigenvalue weighted by Gasteiger charge is -2.23. The molecule has 1 aliphatic carbocycles. The average molecular weight is 401 g/mol. The third-order valence-electron chi connectivity index (χ3n) is 5.01. The highest BCUT2D eigenvalue weighted by Crippen LogP contribution is 2.36. The first-order valence-corrected chi connectivity index (χ1v) is 10.3. The Hall–Kier alpha value is -2.64. The molecule has 2 aromatic heterocycles. The van der Waals surface area contributed by atoms with Crippen LogP contribution in [0.5, 0.6) is 0 Å². The van der Waals surface area contributed by atoms with Gasteiger partial charge < -0.3 is 15.4 Å². The fraction of sp³-hybridized carbons (Fsp3) is 0.619. The van der Waals surface area contributed by atoms with Crippen LogP contribution in [-0.2, 0) is 10.3 Å². The maximum absolute atomic E-state index is 11.9. The summed E-state index contributed by atoms with van der Waals surface area (Å²) in [6.45, 7) is 12.0. The van der Waals surface area contributed by atoms with Crippen LogP contribution in [0.3, 0.4) is 0 Å². The van der Waals surface area contributed by atoms with Crippen LogP contribution < -0.4 is 10.6 Å². The van der Waals surface area contributed by atoms with Crippen molar-refractivity contribution in [3.05, 3.63) is 29.8 Å². The first-order valence-electron chi connectivity index (χ1n) is 10.3. The highest BCUT2D eigenvalue weighted by atomic mass is 16.6. The van der Waals surface area contributed by atoms with E-state index in [9.17, 15) is 4.79 Å². The quantitative estimate of drug-likeness (QED) is 0.779. The molecule has 1 saturated carbocycles. The van der Waals surface area contributed by atoms with E-state index in [2.05, 4.69) is 47.4 Å². The Kier molecular flexibility index (Phi) is 6.10. The SMILES string of the molecule is Cc1nccnc1Nc1cc([C@H]2CC[C@@H](NC(=O)OC(C)C)C2)nn1C(C)(C)C. The van der Waals surface area contributed by atoms with Crippen LogP contribution in [0.4, 0.5) is 16.4 Å². The van der Waals surface area contributed by atoms with Gasteiger partial charge in [0.15, 0.2) is 5.82 Å². The summed E-state index contributed by atoms with van der Waals surface area (Å²) in [4.78, 5) is 20.6. The normalized spacial score (nSPS) is 19.4. The van der Waals surface area contributed by atoms with E-state index in [4.69, 9.17) is 9.84 Å². The average Bonchev–Trinajstić information content (AvgIpc) is 3.22. The summed E-state index contributed by atoms with van der Waals surface area (Å²) >= 11 is 0. The first kappa shape index (κ1) is 21.1. The predicted octanol–water partition coefficient (Wildman–Crippen LogP) is 4.25. The monoisotopic (exact) mass is 400 g/mol. The van der Waals surface area contributed by atoms with Crippen molar-refractivity contribution in [2.24, 2.45) is 0 Å². The first-order chi connectivity index (χ1) is 13.6. The van der Waals surface area contributed by atoms with E-state index in [0.29, 0.717) is 5.92 Å². The van der Waals surface area contributed by atoms with Gasteiger partial charge in [-0.3, -0.25) is 4.98 Å². The summed E-state index contributed by atoms with van der Waals surface area (Å²) in [7, 11) is 0. The molecule has 1 fully saturated rings. The number of amides is 1. The van der Waals surface area contributed by atoms with Gasteiger partial charge >= 0.3 is 6.09 Å². The third kappa shape index (κ3) is 5.25. The number of aryl methyl sites for hydroxylation is 1. The molecule has 2 heterocycles. The van der Waals surface area contributed by atoms with Crippen LogP contribution >= 0.6 is 0 Å². The van der Waals surface area contributed by atoms with E-state index < -0.39 is 0 Å². The van der Waals surface area contributed by atoms with E-state index in [1.807, 2.05) is 25.5 Å². The Bertz CT molecular complexity index is 855. The Morgan fingerprint density at radius 3 is 2.62 bits per heavy atom. The molecule has 0 aromatic carbocycles. The standard InChI is InChI=1S/C21H32N6O2/c1-13(2)29-20(28)24-16-8-7-15(11-16)17-12-18(27(26-17)21(4,5)6)25-19-14(3)22-9-10-23-19/h9-10,12-13,15-16H,7-8,11H2,1-6H3,(H,23,25)(H,24,28)/t15-,16+/m0/s1. The number of aromatic nitrogens is 4. The molecule has 0 aliphatic heterocycles. The Morgan fingerprint density at radius 1 is 1.24 bits per heavy atom. The van der Waals surface area contributed by atoms with Crippen molar-refractivity contribution >= 4 is 17.7 Å². The van der Waals surface area contributed by atoms with Gasteiger partial charge in [-0.15, -0.1) is 0 Å². The summed E-state index contributed by atoms with van der Waals surface area (Å²) in [5, 5.41) is 11.3. The zero-order valence-electron chi connectivity index (χ0n) is 18.2. The van der Waals surface area contributed by atoms with Crippen molar-refractivity contribution in [1.82, 2.24) is 25.1 Å². The van der Waals surface area contributed by atoms with Crippen molar-refractivity contribution in [3.63, 3.8) is 0 Å². The molecule has 8 heteroatoms. The summed E-state index contributed by atoms with van der Waals surface area (Å²) < 4.78 is 7.21. The van der Waals surface area contributed by atoms with Gasteiger partial charge in [0, 0.05) is 30.4 Å². The lowest BCUT2D eigenvalue weighted by molar-refractivity contribution is 0.112. The second-order valence-corrected chi connectivity index (χ2v) is 8.96. The molecule has 158 valence electrons. The number of nitrogens with one attached hydrogen (secondary N) is 2. The Balaban J connectivity index is 1.76. The summed E-state index contributed by atoms with van der Waals surface area (Å²) in [6, 6.07) is 2.21. The van der Waals surface area contributed by atoms with Crippen molar-refractivity contribution in [3.8, 4) is 0 Å². The number of alkyl carbamates (subject to hydrolysis) is 1. The van der Waals surface area contributed by atoms with Gasteiger partial charge in [0.25, 0.3) is 0 Å². The minimum Gasteiger partial charge on any atom is -0.447 e. The Labute approximate surface area is 172 Å². The smallest absolute Gasteiger partial charge is 0.407 e. The predicted molar refractivity (Wildman–Crippen MR) is 112 cm³/mol. The molecule has 3 rings (SSSR count). The number of anilines is 2. The maximum Gasteiger partial charge on any atom is 0.407 e. The van der Waals surface area contributed by atoms with E-state index >= 15 is 0 Å². The van der Waals surface area contributed by atoms with E-state index in [1.54, 1.807) is 12.4 Å². The topological polar surface area (TPSA) is 94.0 Å². The van der Waals surface area contributed by atoms with Gasteiger partial charge in [0.05, 0.1) is 23.0 Å². The second kappa shape index (κ2) is 8.39. The molecule has 0 spiro atoms. The molecule has 29 heavy (non-hydrogen) atoms. The van der Waals surface area contributed by atoms with E-state index in [1.165, 1.54) is 0 Å². The zero-order valence-corrected chi connectivity index (χ0v) is 18.2. The Morgan fingerprint density at radius 2 is 1.97 bits per heavy atom. The summed E-state index contributed by atoms with van der Waals surface area (Å²) in [5.41, 5.74) is 1.68. The number of rotatable bonds is 5. The molecule has 0 bridgehead atoms. The summed E-state index contributed by atoms with van der Waals surface area (Å²) in [5.74, 6) is 1.92. The van der Waals surface area contributed by atoms with Crippen molar-refractivity contribution in [2.75, 3.05) is 5.32 Å². The molecule has 1 amide bonds. The number of ether oxygens (including phenoxy) is 1. The number of hydrogen-bond acceptors (Lipinski definition) is 6. The highest BCUT2D eigenvalue weighted by Gasteiger charge is 2.31. The molecule has 8 nitrogen and oxygen atoms in total. The number of hydrogen-bond donors (Lipinski definition) is 2. The maximum atomic E-state index is 11.9. The fourth-order valence-corrected chi connectivity index (χ4v) is 3.65. The van der Waals surface area contributed by atoms with Crippen LogP contribution in [-0.4, -0.2) is 38.0 Å². The number of carbonyl (C=O) groups excluding carboxylic acids is 1. The van der Waals surface area contributed by atoms with Gasteiger partial charge in [-0.1, -0.05) is 0 Å². The van der Waals surface area contributed by atoms with Crippen molar-refractivity contribution in [1.29, 1.82) is 0 Å². The van der Waals surface area contributed by atoms with Crippen LogP contribution in [0.25, 0.3) is 0 Å². The van der Waals surface area contributed by atoms with E-state index in [0.717, 1.165) is 42.3 Å². The molecular weight excluding hydrogens is 368 g/mol. The molecule has 0 saturated heterocycles. The van der Waals surface area contributed by atoms with E-state index in [-0.39, 0.29) is 23.8 Å². The molecule has 1 aliphatic rings. The van der Waals surface area contributed by atoms with Crippen LogP contribution in [0, 0.1) is 6.92 Å². The highest BCUT2D eigenvalue weighted by molar-refractivity contribution is 5.67. The van der Waals surface area contributed by atoms with Gasteiger partial charge in [0.2, 0.25) is 0 Å². The minimum atomic E-state index is -0.341. The third-order valence-corrected chi connectivity index (χ3v) is 5.01. The van der Waals surface area contributed by atoms with Crippen molar-refractivity contribution in [2.45, 2.75) is 84.4 Å². The summed E-state index contributed by atoms with van der Waals surface area (Å²) in [6.07, 6.45) is 5.67. The van der Waals surface area contributed by atoms with Gasteiger partial charge in [0.1, 0.15) is 5.82 Å². The van der Waals surface area contributed by atoms with Crippen molar-refractivity contribution < 1.29 is 9.53 Å². The molecule has 2 aromatic rings. The molecule has 0 radical (unpaired) electrons. The van der Waals surface area contributed by atoms with Crippen LogP contribution in [0.1, 0.15) is 71.2 Å². The zero-order chi connectivity index (χ0) is 21.2. The molecule has 2 atom stereocenters. The molecule has 2 N–H and O–H groups in total. The number of nitrogens with zero attached hydrogens (tertiary/aromatic N) is 4. The minimum absolute atomic E-state index is 0.115. The van der Waals surface area contributed by atoms with Gasteiger partial charge in [-0.05, 0) is 60.8 Å². The van der Waals surface area contributed by atoms with Gasteiger partial charge in [-0.25, -0.2) is 14.5 Å². The van der Waals surface area contributed by atoms with Gasteiger partial charge in [-0.2, -0.15) is 5.10 Å². The number of carbonyl (C=O) groups is 1. The van der Waals surface area contributed by atoms with Crippen LogP contribution in [0.2, 0.25) is 0 Å². The molecule has 0 unspecified atom stereocenters. The second-order valence-electron chi connectivity index (χ2n) is 8.96.